The summed E-state index contributed by atoms with van der Waals surface area (Å²) in [5.41, 5.74) is -0.143. The molecule has 16 heavy (non-hydrogen) atoms. The van der Waals surface area contributed by atoms with Crippen LogP contribution in [0.25, 0.3) is 0 Å². The highest BCUT2D eigenvalue weighted by Gasteiger charge is 2.33. The van der Waals surface area contributed by atoms with Gasteiger partial charge in [0.25, 0.3) is 0 Å². The van der Waals surface area contributed by atoms with E-state index in [1.54, 1.807) is 0 Å². The van der Waals surface area contributed by atoms with Crippen LogP contribution in [0.2, 0.25) is 0 Å². The van der Waals surface area contributed by atoms with E-state index in [9.17, 15) is 5.11 Å². The molecule has 0 bridgehead atoms. The summed E-state index contributed by atoms with van der Waals surface area (Å²) >= 11 is 0. The average molecular weight is 224 g/mol. The number of nitriles is 1. The van der Waals surface area contributed by atoms with Crippen LogP contribution in [0.5, 0.6) is 0 Å². The number of hydrogen-bond donors (Lipinski definition) is 2. The predicted octanol–water partition coefficient (Wildman–Crippen LogP) is 2.21. The summed E-state index contributed by atoms with van der Waals surface area (Å²) in [5.74, 6) is 0.591. The number of nitrogens with zero attached hydrogens (tertiary/aromatic N) is 1. The van der Waals surface area contributed by atoms with E-state index in [0.29, 0.717) is 12.3 Å². The van der Waals surface area contributed by atoms with Crippen LogP contribution in [-0.4, -0.2) is 23.8 Å². The highest BCUT2D eigenvalue weighted by molar-refractivity contribution is 4.91. The molecule has 0 saturated heterocycles. The molecule has 1 atom stereocenters. The largest absolute Gasteiger partial charge is 0.394 e. The molecule has 0 aromatic carbocycles. The monoisotopic (exact) mass is 224 g/mol. The smallest absolute Gasteiger partial charge is 0.0622 e. The first kappa shape index (κ1) is 13.5. The van der Waals surface area contributed by atoms with Crippen LogP contribution in [0.4, 0.5) is 0 Å². The molecule has 0 radical (unpaired) electrons. The Kier molecular flexibility index (Phi) is 5.79. The Morgan fingerprint density at radius 2 is 2.06 bits per heavy atom. The summed E-state index contributed by atoms with van der Waals surface area (Å²) in [6, 6.07) is 2.15. The standard InChI is InChI=1S/C13H24N2O/c1-13(11-16,15-10-6-5-9-14)12-7-3-2-4-8-12/h12,15-16H,2-8,10-11H2,1H3. The number of aliphatic hydroxyl groups is 1. The molecule has 1 unspecified atom stereocenters. The number of hydrogen-bond acceptors (Lipinski definition) is 3. The van der Waals surface area contributed by atoms with Crippen LogP contribution < -0.4 is 5.32 Å². The van der Waals surface area contributed by atoms with Gasteiger partial charge in [-0.3, -0.25) is 0 Å². The minimum Gasteiger partial charge on any atom is -0.394 e. The summed E-state index contributed by atoms with van der Waals surface area (Å²) in [6.45, 7) is 3.15. The first-order valence-corrected chi connectivity index (χ1v) is 6.46. The van der Waals surface area contributed by atoms with Crippen molar-refractivity contribution in [3.63, 3.8) is 0 Å². The summed E-state index contributed by atoms with van der Waals surface area (Å²) in [7, 11) is 0. The Labute approximate surface area is 98.8 Å². The minimum atomic E-state index is -0.143. The molecule has 0 aliphatic heterocycles. The van der Waals surface area contributed by atoms with Crippen molar-refractivity contribution in [2.24, 2.45) is 5.92 Å². The van der Waals surface area contributed by atoms with Crippen LogP contribution >= 0.6 is 0 Å². The molecule has 1 rings (SSSR count). The second-order valence-corrected chi connectivity index (χ2v) is 5.10. The molecular formula is C13H24N2O. The van der Waals surface area contributed by atoms with Crippen LogP contribution in [0.15, 0.2) is 0 Å². The summed E-state index contributed by atoms with van der Waals surface area (Å²) in [5, 5.41) is 21.5. The molecule has 0 heterocycles. The highest BCUT2D eigenvalue weighted by Crippen LogP contribution is 2.32. The third-order valence-corrected chi connectivity index (χ3v) is 3.83. The zero-order valence-electron chi connectivity index (χ0n) is 10.3. The van der Waals surface area contributed by atoms with Gasteiger partial charge in [0.05, 0.1) is 12.7 Å². The normalized spacial score (nSPS) is 21.3. The van der Waals surface area contributed by atoms with Gasteiger partial charge in [0, 0.05) is 12.0 Å². The molecule has 2 N–H and O–H groups in total. The van der Waals surface area contributed by atoms with E-state index in [0.717, 1.165) is 13.0 Å². The Morgan fingerprint density at radius 3 is 2.62 bits per heavy atom. The van der Waals surface area contributed by atoms with Crippen LogP contribution in [0.1, 0.15) is 51.9 Å². The van der Waals surface area contributed by atoms with Gasteiger partial charge in [0.15, 0.2) is 0 Å². The van der Waals surface area contributed by atoms with Gasteiger partial charge in [-0.1, -0.05) is 19.3 Å². The van der Waals surface area contributed by atoms with E-state index in [2.05, 4.69) is 18.3 Å². The van der Waals surface area contributed by atoms with Gasteiger partial charge >= 0.3 is 0 Å². The summed E-state index contributed by atoms with van der Waals surface area (Å²) in [6.07, 6.45) is 7.84. The van der Waals surface area contributed by atoms with Gasteiger partial charge in [-0.2, -0.15) is 5.26 Å². The van der Waals surface area contributed by atoms with Gasteiger partial charge < -0.3 is 10.4 Å². The lowest BCUT2D eigenvalue weighted by molar-refractivity contribution is 0.0953. The maximum atomic E-state index is 9.57. The van der Waals surface area contributed by atoms with Crippen molar-refractivity contribution in [1.29, 1.82) is 5.26 Å². The molecule has 0 aromatic rings. The van der Waals surface area contributed by atoms with Crippen molar-refractivity contribution < 1.29 is 5.11 Å². The van der Waals surface area contributed by atoms with Crippen LogP contribution in [0.3, 0.4) is 0 Å². The minimum absolute atomic E-state index is 0.143. The van der Waals surface area contributed by atoms with Crippen molar-refractivity contribution in [1.82, 2.24) is 5.32 Å². The molecule has 1 fully saturated rings. The number of nitrogens with one attached hydrogen (secondary N) is 1. The van der Waals surface area contributed by atoms with E-state index in [4.69, 9.17) is 5.26 Å². The first-order chi connectivity index (χ1) is 7.73. The fourth-order valence-electron chi connectivity index (χ4n) is 2.61. The zero-order valence-corrected chi connectivity index (χ0v) is 10.3. The molecule has 0 aromatic heterocycles. The van der Waals surface area contributed by atoms with Gasteiger partial charge in [-0.25, -0.2) is 0 Å². The second-order valence-electron chi connectivity index (χ2n) is 5.10. The van der Waals surface area contributed by atoms with Gasteiger partial charge in [-0.05, 0) is 38.6 Å². The third-order valence-electron chi connectivity index (χ3n) is 3.83. The van der Waals surface area contributed by atoms with Crippen molar-refractivity contribution in [3.05, 3.63) is 0 Å². The predicted molar refractivity (Wildman–Crippen MR) is 64.9 cm³/mol. The average Bonchev–Trinajstić information content (AvgIpc) is 2.35. The molecule has 0 amide bonds. The Balaban J connectivity index is 2.38. The van der Waals surface area contributed by atoms with E-state index in [1.165, 1.54) is 32.1 Å². The van der Waals surface area contributed by atoms with Crippen molar-refractivity contribution in [2.75, 3.05) is 13.2 Å². The molecule has 92 valence electrons. The first-order valence-electron chi connectivity index (χ1n) is 6.46. The Hall–Kier alpha value is -0.590. The summed E-state index contributed by atoms with van der Waals surface area (Å²) in [4.78, 5) is 0. The maximum absolute atomic E-state index is 9.57. The molecule has 1 aliphatic rings. The zero-order chi connectivity index (χ0) is 11.9. The van der Waals surface area contributed by atoms with Crippen molar-refractivity contribution in [3.8, 4) is 6.07 Å². The second kappa shape index (κ2) is 6.88. The lowest BCUT2D eigenvalue weighted by atomic mass is 9.76. The van der Waals surface area contributed by atoms with Crippen molar-refractivity contribution >= 4 is 0 Å². The molecule has 1 aliphatic carbocycles. The highest BCUT2D eigenvalue weighted by atomic mass is 16.3. The lowest BCUT2D eigenvalue weighted by Crippen LogP contribution is -2.52. The molecular weight excluding hydrogens is 200 g/mol. The van der Waals surface area contributed by atoms with E-state index in [-0.39, 0.29) is 12.1 Å². The van der Waals surface area contributed by atoms with Crippen LogP contribution in [-0.2, 0) is 0 Å². The van der Waals surface area contributed by atoms with E-state index < -0.39 is 0 Å². The maximum Gasteiger partial charge on any atom is 0.0622 e. The number of rotatable bonds is 6. The number of unbranched alkanes of at least 4 members (excludes halogenated alkanes) is 1. The number of aliphatic hydroxyl groups excluding tert-OH is 1. The fourth-order valence-corrected chi connectivity index (χ4v) is 2.61. The molecule has 0 spiro atoms. The van der Waals surface area contributed by atoms with Gasteiger partial charge in [0.2, 0.25) is 0 Å². The topological polar surface area (TPSA) is 56.0 Å². The van der Waals surface area contributed by atoms with Crippen molar-refractivity contribution in [2.45, 2.75) is 57.4 Å². The van der Waals surface area contributed by atoms with Gasteiger partial charge in [-0.15, -0.1) is 0 Å². The van der Waals surface area contributed by atoms with E-state index >= 15 is 0 Å². The van der Waals surface area contributed by atoms with E-state index in [1.807, 2.05) is 0 Å². The summed E-state index contributed by atoms with van der Waals surface area (Å²) < 4.78 is 0. The van der Waals surface area contributed by atoms with Crippen LogP contribution in [0, 0.1) is 17.2 Å². The fraction of sp³-hybridized carbons (Fsp3) is 0.923. The molecule has 3 nitrogen and oxygen atoms in total. The third kappa shape index (κ3) is 3.77. The quantitative estimate of drug-likeness (QED) is 0.680. The lowest BCUT2D eigenvalue weighted by Gasteiger charge is -2.39. The van der Waals surface area contributed by atoms with Gasteiger partial charge in [0.1, 0.15) is 0 Å². The molecule has 3 heteroatoms. The Morgan fingerprint density at radius 1 is 1.38 bits per heavy atom. The Bertz CT molecular complexity index is 231. The molecule has 1 saturated carbocycles. The SMILES string of the molecule is CC(CO)(NCCCC#N)C1CCCCC1.